The molecule has 9 heteroatoms. The Bertz CT molecular complexity index is 1340. The highest BCUT2D eigenvalue weighted by atomic mass is 16.2. The van der Waals surface area contributed by atoms with Crippen molar-refractivity contribution in [2.24, 2.45) is 5.92 Å². The number of hydrogen-bond acceptors (Lipinski definition) is 4. The number of piperidine rings is 1. The van der Waals surface area contributed by atoms with E-state index in [2.05, 4.69) is 27.5 Å². The number of amides is 3. The van der Waals surface area contributed by atoms with Crippen molar-refractivity contribution < 1.29 is 9.59 Å². The van der Waals surface area contributed by atoms with Gasteiger partial charge in [-0.2, -0.15) is 0 Å². The summed E-state index contributed by atoms with van der Waals surface area (Å²) in [7, 11) is 0. The van der Waals surface area contributed by atoms with Crippen LogP contribution in [0.3, 0.4) is 0 Å². The van der Waals surface area contributed by atoms with Gasteiger partial charge in [-0.05, 0) is 55.9 Å². The van der Waals surface area contributed by atoms with E-state index in [0.717, 1.165) is 25.1 Å². The van der Waals surface area contributed by atoms with Crippen LogP contribution in [0.15, 0.2) is 65.5 Å². The highest BCUT2D eigenvalue weighted by Crippen LogP contribution is 2.33. The number of likely N-dealkylation sites (tertiary alicyclic amines) is 2. The third-order valence-electron chi connectivity index (χ3n) is 8.41. The molecule has 3 aliphatic rings. The molecule has 1 aliphatic carbocycles. The van der Waals surface area contributed by atoms with Crippen molar-refractivity contribution >= 4 is 11.9 Å². The highest BCUT2D eigenvalue weighted by Gasteiger charge is 2.37. The van der Waals surface area contributed by atoms with Crippen LogP contribution in [0.1, 0.15) is 56.0 Å². The summed E-state index contributed by atoms with van der Waals surface area (Å²) in [5.74, 6) is 1.42. The SMILES string of the molecule is O=C(N[C@@H]1C[C@@H](c2ccccc2)CCN(CC2CC2)C1=O)N1CCC(n2nc(-c3ccccc3)[nH]c2=O)CC1. The molecule has 3 aromatic rings. The Morgan fingerprint density at radius 3 is 2.28 bits per heavy atom. The van der Waals surface area contributed by atoms with Crippen LogP contribution < -0.4 is 11.0 Å². The number of H-pyrrole nitrogens is 1. The van der Waals surface area contributed by atoms with E-state index in [9.17, 15) is 14.4 Å². The van der Waals surface area contributed by atoms with Gasteiger partial charge in [-0.25, -0.2) is 14.3 Å². The van der Waals surface area contributed by atoms with E-state index in [4.69, 9.17) is 0 Å². The third-order valence-corrected chi connectivity index (χ3v) is 8.41. The first kappa shape index (κ1) is 25.4. The minimum atomic E-state index is -0.538. The lowest BCUT2D eigenvalue weighted by Gasteiger charge is -2.33. The number of nitrogens with one attached hydrogen (secondary N) is 2. The molecular formula is C30H36N6O3. The molecule has 1 saturated carbocycles. The molecule has 6 rings (SSSR count). The number of hydrogen-bond donors (Lipinski definition) is 2. The molecule has 2 aliphatic heterocycles. The lowest BCUT2D eigenvalue weighted by atomic mass is 9.90. The molecule has 1 aromatic heterocycles. The van der Waals surface area contributed by atoms with Gasteiger partial charge in [0.2, 0.25) is 5.91 Å². The third kappa shape index (κ3) is 5.77. The minimum absolute atomic E-state index is 0.0417. The van der Waals surface area contributed by atoms with Crippen LogP contribution in [-0.2, 0) is 4.79 Å². The van der Waals surface area contributed by atoms with Gasteiger partial charge in [0.05, 0.1) is 6.04 Å². The van der Waals surface area contributed by atoms with Gasteiger partial charge in [0, 0.05) is 31.7 Å². The van der Waals surface area contributed by atoms with Crippen molar-refractivity contribution in [2.75, 3.05) is 26.2 Å². The van der Waals surface area contributed by atoms with E-state index in [1.54, 1.807) is 4.90 Å². The number of aromatic amines is 1. The van der Waals surface area contributed by atoms with Gasteiger partial charge in [0.1, 0.15) is 6.04 Å². The molecule has 9 nitrogen and oxygen atoms in total. The fourth-order valence-electron chi connectivity index (χ4n) is 5.95. The summed E-state index contributed by atoms with van der Waals surface area (Å²) < 4.78 is 1.52. The quantitative estimate of drug-likeness (QED) is 0.508. The van der Waals surface area contributed by atoms with Gasteiger partial charge in [0.15, 0.2) is 5.82 Å². The van der Waals surface area contributed by atoms with Crippen LogP contribution in [0.5, 0.6) is 0 Å². The Hall–Kier alpha value is -3.88. The number of carbonyl (C=O) groups excluding carboxylic acids is 2. The Morgan fingerprint density at radius 1 is 0.897 bits per heavy atom. The van der Waals surface area contributed by atoms with Gasteiger partial charge in [0.25, 0.3) is 0 Å². The maximum atomic E-state index is 13.5. The van der Waals surface area contributed by atoms with Crippen LogP contribution in [0.4, 0.5) is 4.79 Å². The monoisotopic (exact) mass is 528 g/mol. The molecule has 2 atom stereocenters. The summed E-state index contributed by atoms with van der Waals surface area (Å²) in [5, 5.41) is 7.64. The topological polar surface area (TPSA) is 103 Å². The second kappa shape index (κ2) is 11.1. The molecule has 3 heterocycles. The fourth-order valence-corrected chi connectivity index (χ4v) is 5.95. The van der Waals surface area contributed by atoms with Gasteiger partial charge in [-0.15, -0.1) is 5.10 Å². The predicted octanol–water partition coefficient (Wildman–Crippen LogP) is 3.77. The molecular weight excluding hydrogens is 492 g/mol. The van der Waals surface area contributed by atoms with Crippen LogP contribution in [0.25, 0.3) is 11.4 Å². The summed E-state index contributed by atoms with van der Waals surface area (Å²) in [6, 6.07) is 19.1. The first-order valence-electron chi connectivity index (χ1n) is 14.2. The largest absolute Gasteiger partial charge is 0.343 e. The van der Waals surface area contributed by atoms with Crippen molar-refractivity contribution in [2.45, 2.75) is 56.5 Å². The molecule has 0 unspecified atom stereocenters. The van der Waals surface area contributed by atoms with Gasteiger partial charge >= 0.3 is 11.7 Å². The maximum Gasteiger partial charge on any atom is 0.343 e. The lowest BCUT2D eigenvalue weighted by Crippen LogP contribution is -2.53. The minimum Gasteiger partial charge on any atom is -0.341 e. The van der Waals surface area contributed by atoms with E-state index < -0.39 is 6.04 Å². The molecule has 204 valence electrons. The summed E-state index contributed by atoms with van der Waals surface area (Å²) in [6.07, 6.45) is 5.14. The van der Waals surface area contributed by atoms with Crippen LogP contribution in [-0.4, -0.2) is 68.7 Å². The number of benzene rings is 2. The smallest absolute Gasteiger partial charge is 0.341 e. The molecule has 0 radical (unpaired) electrons. The second-order valence-electron chi connectivity index (χ2n) is 11.2. The number of nitrogens with zero attached hydrogens (tertiary/aromatic N) is 4. The van der Waals surface area contributed by atoms with Crippen molar-refractivity contribution in [3.63, 3.8) is 0 Å². The summed E-state index contributed by atoms with van der Waals surface area (Å²) in [5.41, 5.74) is 1.85. The maximum absolute atomic E-state index is 13.5. The molecule has 2 N–H and O–H groups in total. The van der Waals surface area contributed by atoms with Gasteiger partial charge in [-0.1, -0.05) is 60.7 Å². The van der Waals surface area contributed by atoms with Crippen LogP contribution >= 0.6 is 0 Å². The molecule has 2 saturated heterocycles. The highest BCUT2D eigenvalue weighted by molar-refractivity contribution is 5.87. The van der Waals surface area contributed by atoms with Crippen molar-refractivity contribution in [3.8, 4) is 11.4 Å². The second-order valence-corrected chi connectivity index (χ2v) is 11.2. The van der Waals surface area contributed by atoms with Gasteiger partial charge in [-0.3, -0.25) is 9.78 Å². The van der Waals surface area contributed by atoms with Crippen molar-refractivity contribution in [1.82, 2.24) is 29.9 Å². The standard InChI is InChI=1S/C30H36N6O3/c37-28-26(19-24(22-7-3-1-4-8-22)13-16-35(28)20-21-11-12-21)31-29(38)34-17-14-25(15-18-34)36-30(39)32-27(33-36)23-9-5-2-6-10-23/h1-10,21,24-26H,11-20H2,(H,31,38)(H,32,33,39)/t24-,26+/m0/s1. The number of aromatic nitrogens is 3. The van der Waals surface area contributed by atoms with Gasteiger partial charge < -0.3 is 15.1 Å². The first-order valence-corrected chi connectivity index (χ1v) is 14.2. The zero-order valence-corrected chi connectivity index (χ0v) is 22.2. The molecule has 3 amide bonds. The molecule has 2 aromatic carbocycles. The molecule has 39 heavy (non-hydrogen) atoms. The van der Waals surface area contributed by atoms with Crippen LogP contribution in [0, 0.1) is 5.92 Å². The van der Waals surface area contributed by atoms with E-state index in [0.29, 0.717) is 44.1 Å². The Labute approximate surface area is 228 Å². The number of rotatable bonds is 6. The number of urea groups is 1. The average Bonchev–Trinajstić information content (AvgIpc) is 3.74. The Balaban J connectivity index is 1.10. The molecule has 0 bridgehead atoms. The van der Waals surface area contributed by atoms with Crippen molar-refractivity contribution in [3.05, 3.63) is 76.7 Å². The van der Waals surface area contributed by atoms with E-state index in [1.165, 1.54) is 23.1 Å². The molecule has 3 fully saturated rings. The zero-order chi connectivity index (χ0) is 26.8. The zero-order valence-electron chi connectivity index (χ0n) is 22.2. The predicted molar refractivity (Wildman–Crippen MR) is 148 cm³/mol. The number of carbonyl (C=O) groups is 2. The Morgan fingerprint density at radius 2 is 1.59 bits per heavy atom. The fraction of sp³-hybridized carbons (Fsp3) is 0.467. The molecule has 0 spiro atoms. The summed E-state index contributed by atoms with van der Waals surface area (Å²) in [4.78, 5) is 46.1. The Kier molecular flexibility index (Phi) is 7.22. The van der Waals surface area contributed by atoms with E-state index >= 15 is 0 Å². The summed E-state index contributed by atoms with van der Waals surface area (Å²) >= 11 is 0. The average molecular weight is 529 g/mol. The summed E-state index contributed by atoms with van der Waals surface area (Å²) in [6.45, 7) is 2.54. The van der Waals surface area contributed by atoms with E-state index in [1.807, 2.05) is 53.4 Å². The first-order chi connectivity index (χ1) is 19.0. The van der Waals surface area contributed by atoms with E-state index in [-0.39, 0.29) is 29.6 Å². The lowest BCUT2D eigenvalue weighted by molar-refractivity contribution is -0.133. The van der Waals surface area contributed by atoms with Crippen LogP contribution in [0.2, 0.25) is 0 Å². The normalized spacial score (nSPS) is 22.5. The van der Waals surface area contributed by atoms with Crippen molar-refractivity contribution in [1.29, 1.82) is 0 Å².